The molecule has 3 nitrogen and oxygen atoms in total. The van der Waals surface area contributed by atoms with Crippen LogP contribution >= 0.6 is 23.2 Å². The van der Waals surface area contributed by atoms with E-state index in [9.17, 15) is 0 Å². The fourth-order valence-corrected chi connectivity index (χ4v) is 2.54. The lowest BCUT2D eigenvalue weighted by Crippen LogP contribution is -1.93. The van der Waals surface area contributed by atoms with Crippen LogP contribution in [0.4, 0.5) is 0 Å². The van der Waals surface area contributed by atoms with Gasteiger partial charge >= 0.3 is 0 Å². The fraction of sp³-hybridized carbons (Fsp3) is 0.111. The van der Waals surface area contributed by atoms with Crippen LogP contribution in [0.2, 0.25) is 10.2 Å². The third-order valence-corrected chi connectivity index (χ3v) is 3.80. The molecule has 1 heterocycles. The van der Waals surface area contributed by atoms with E-state index in [1.807, 2.05) is 36.4 Å². The monoisotopic (exact) mass is 344 g/mol. The first-order chi connectivity index (χ1) is 11.2. The number of ether oxygens (including phenoxy) is 1. The number of rotatable bonds is 4. The molecule has 0 unspecified atom stereocenters. The maximum atomic E-state index is 6.16. The highest BCUT2D eigenvalue weighted by Gasteiger charge is 2.08. The lowest BCUT2D eigenvalue weighted by molar-refractivity contribution is 0.185. The van der Waals surface area contributed by atoms with Crippen molar-refractivity contribution in [3.05, 3.63) is 70.3 Å². The van der Waals surface area contributed by atoms with Gasteiger partial charge in [-0.2, -0.15) is 0 Å². The molecule has 0 fully saturated rings. The molecule has 3 aromatic rings. The van der Waals surface area contributed by atoms with Gasteiger partial charge in [0.2, 0.25) is 0 Å². The summed E-state index contributed by atoms with van der Waals surface area (Å²) in [6.07, 6.45) is 0. The summed E-state index contributed by atoms with van der Waals surface area (Å²) >= 11 is 12.1. The van der Waals surface area contributed by atoms with Crippen molar-refractivity contribution < 1.29 is 4.74 Å². The standard InChI is InChI=1S/C18H14Cl2N2O/c1-23-11-12-2-4-13(5-3-12)16-10-17(20)22-18(21-16)14-6-8-15(19)9-7-14/h2-10H,11H2,1H3. The van der Waals surface area contributed by atoms with Crippen LogP contribution in [0.1, 0.15) is 5.56 Å². The second-order valence-corrected chi connectivity index (χ2v) is 5.86. The minimum Gasteiger partial charge on any atom is -0.380 e. The van der Waals surface area contributed by atoms with E-state index in [0.29, 0.717) is 22.6 Å². The smallest absolute Gasteiger partial charge is 0.161 e. The van der Waals surface area contributed by atoms with Gasteiger partial charge in [0, 0.05) is 29.3 Å². The average Bonchev–Trinajstić information content (AvgIpc) is 2.56. The Bertz CT molecular complexity index is 802. The Kier molecular flexibility index (Phi) is 4.91. The second-order valence-electron chi connectivity index (χ2n) is 5.04. The van der Waals surface area contributed by atoms with Crippen molar-refractivity contribution in [2.24, 2.45) is 0 Å². The minimum atomic E-state index is 0.404. The van der Waals surface area contributed by atoms with Gasteiger partial charge in [-0.3, -0.25) is 0 Å². The van der Waals surface area contributed by atoms with Crippen molar-refractivity contribution in [3.63, 3.8) is 0 Å². The van der Waals surface area contributed by atoms with E-state index in [-0.39, 0.29) is 0 Å². The average molecular weight is 345 g/mol. The van der Waals surface area contributed by atoms with Gasteiger partial charge in [-0.25, -0.2) is 9.97 Å². The molecule has 0 aliphatic rings. The summed E-state index contributed by atoms with van der Waals surface area (Å²) in [6.45, 7) is 0.584. The summed E-state index contributed by atoms with van der Waals surface area (Å²) in [6, 6.07) is 17.1. The van der Waals surface area contributed by atoms with Crippen molar-refractivity contribution in [2.75, 3.05) is 7.11 Å². The molecular weight excluding hydrogens is 331 g/mol. The molecule has 0 aliphatic carbocycles. The SMILES string of the molecule is COCc1ccc(-c2cc(Cl)nc(-c3ccc(Cl)cc3)n2)cc1. The minimum absolute atomic E-state index is 0.404. The third-order valence-electron chi connectivity index (χ3n) is 3.36. The van der Waals surface area contributed by atoms with Gasteiger partial charge in [-0.15, -0.1) is 0 Å². The molecule has 0 spiro atoms. The Hall–Kier alpha value is -1.94. The zero-order chi connectivity index (χ0) is 16.2. The van der Waals surface area contributed by atoms with E-state index in [4.69, 9.17) is 27.9 Å². The summed E-state index contributed by atoms with van der Waals surface area (Å²) in [5, 5.41) is 1.07. The van der Waals surface area contributed by atoms with Crippen LogP contribution in [0.5, 0.6) is 0 Å². The highest BCUT2D eigenvalue weighted by molar-refractivity contribution is 6.30. The molecule has 0 saturated heterocycles. The maximum absolute atomic E-state index is 6.16. The lowest BCUT2D eigenvalue weighted by Gasteiger charge is -2.07. The molecule has 0 amide bonds. The van der Waals surface area contributed by atoms with Gasteiger partial charge in [0.15, 0.2) is 5.82 Å². The van der Waals surface area contributed by atoms with Gasteiger partial charge in [0.1, 0.15) is 5.15 Å². The molecule has 1 aromatic heterocycles. The van der Waals surface area contributed by atoms with Gasteiger partial charge in [-0.1, -0.05) is 47.5 Å². The van der Waals surface area contributed by atoms with Crippen molar-refractivity contribution >= 4 is 23.2 Å². The Labute approximate surface area is 144 Å². The Balaban J connectivity index is 1.98. The van der Waals surface area contributed by atoms with Crippen molar-refractivity contribution in [2.45, 2.75) is 6.61 Å². The van der Waals surface area contributed by atoms with Crippen molar-refractivity contribution in [1.29, 1.82) is 0 Å². The summed E-state index contributed by atoms with van der Waals surface area (Å²) in [4.78, 5) is 8.91. The van der Waals surface area contributed by atoms with Crippen LogP contribution in [0.25, 0.3) is 22.6 Å². The summed E-state index contributed by atoms with van der Waals surface area (Å²) in [5.41, 5.74) is 3.73. The molecule has 23 heavy (non-hydrogen) atoms. The lowest BCUT2D eigenvalue weighted by atomic mass is 10.1. The first kappa shape index (κ1) is 15.9. The molecule has 3 rings (SSSR count). The van der Waals surface area contributed by atoms with Crippen molar-refractivity contribution in [1.82, 2.24) is 9.97 Å². The van der Waals surface area contributed by atoms with E-state index < -0.39 is 0 Å². The highest BCUT2D eigenvalue weighted by Crippen LogP contribution is 2.25. The summed E-state index contributed by atoms with van der Waals surface area (Å²) < 4.78 is 5.12. The van der Waals surface area contributed by atoms with Crippen LogP contribution in [-0.2, 0) is 11.3 Å². The van der Waals surface area contributed by atoms with Gasteiger partial charge in [-0.05, 0) is 29.8 Å². The van der Waals surface area contributed by atoms with Crippen LogP contribution in [-0.4, -0.2) is 17.1 Å². The Morgan fingerprint density at radius 2 is 1.52 bits per heavy atom. The zero-order valence-electron chi connectivity index (χ0n) is 12.5. The van der Waals surface area contributed by atoms with E-state index in [0.717, 1.165) is 22.4 Å². The predicted molar refractivity (Wildman–Crippen MR) is 93.6 cm³/mol. The van der Waals surface area contributed by atoms with Crippen LogP contribution < -0.4 is 0 Å². The van der Waals surface area contributed by atoms with E-state index in [1.165, 1.54) is 0 Å². The van der Waals surface area contributed by atoms with Gasteiger partial charge < -0.3 is 4.74 Å². The Morgan fingerprint density at radius 3 is 2.17 bits per heavy atom. The molecule has 0 radical (unpaired) electrons. The van der Waals surface area contributed by atoms with E-state index in [1.54, 1.807) is 25.3 Å². The van der Waals surface area contributed by atoms with E-state index >= 15 is 0 Å². The number of benzene rings is 2. The zero-order valence-corrected chi connectivity index (χ0v) is 14.0. The first-order valence-corrected chi connectivity index (χ1v) is 7.80. The van der Waals surface area contributed by atoms with Gasteiger partial charge in [0.05, 0.1) is 12.3 Å². The first-order valence-electron chi connectivity index (χ1n) is 7.04. The number of nitrogens with zero attached hydrogens (tertiary/aromatic N) is 2. The number of hydrogen-bond donors (Lipinski definition) is 0. The van der Waals surface area contributed by atoms with Crippen LogP contribution in [0, 0.1) is 0 Å². The highest BCUT2D eigenvalue weighted by atomic mass is 35.5. The number of aromatic nitrogens is 2. The molecule has 5 heteroatoms. The van der Waals surface area contributed by atoms with Crippen LogP contribution in [0.15, 0.2) is 54.6 Å². The predicted octanol–water partition coefficient (Wildman–Crippen LogP) is 5.26. The van der Waals surface area contributed by atoms with Gasteiger partial charge in [0.25, 0.3) is 0 Å². The molecule has 0 bridgehead atoms. The Morgan fingerprint density at radius 1 is 0.870 bits per heavy atom. The number of methoxy groups -OCH3 is 1. The number of halogens is 2. The number of hydrogen-bond acceptors (Lipinski definition) is 3. The molecular formula is C18H14Cl2N2O. The fourth-order valence-electron chi connectivity index (χ4n) is 2.23. The maximum Gasteiger partial charge on any atom is 0.161 e. The largest absolute Gasteiger partial charge is 0.380 e. The summed E-state index contributed by atoms with van der Waals surface area (Å²) in [5.74, 6) is 0.574. The topological polar surface area (TPSA) is 35.0 Å². The van der Waals surface area contributed by atoms with E-state index in [2.05, 4.69) is 9.97 Å². The normalized spacial score (nSPS) is 10.7. The van der Waals surface area contributed by atoms with Crippen LogP contribution in [0.3, 0.4) is 0 Å². The quantitative estimate of drug-likeness (QED) is 0.605. The molecule has 2 aromatic carbocycles. The molecule has 0 N–H and O–H groups in total. The molecule has 0 aliphatic heterocycles. The molecule has 0 saturated carbocycles. The van der Waals surface area contributed by atoms with Crippen molar-refractivity contribution in [3.8, 4) is 22.6 Å². The second kappa shape index (κ2) is 7.09. The molecule has 116 valence electrons. The third kappa shape index (κ3) is 3.88. The summed E-state index contributed by atoms with van der Waals surface area (Å²) in [7, 11) is 1.68. The molecule has 0 atom stereocenters.